The normalized spacial score (nSPS) is 17.8. The van der Waals surface area contributed by atoms with Crippen LogP contribution in [-0.2, 0) is 0 Å². The van der Waals surface area contributed by atoms with Gasteiger partial charge in [-0.1, -0.05) is 34.1 Å². The van der Waals surface area contributed by atoms with Gasteiger partial charge in [0.05, 0.1) is 0 Å². The molecule has 0 spiro atoms. The van der Waals surface area contributed by atoms with Gasteiger partial charge in [0.15, 0.2) is 0 Å². The maximum Gasteiger partial charge on any atom is 0.00419 e. The first-order valence-electron chi connectivity index (χ1n) is 7.28. The van der Waals surface area contributed by atoms with Crippen molar-refractivity contribution in [1.29, 1.82) is 0 Å². The lowest BCUT2D eigenvalue weighted by Crippen LogP contribution is -2.42. The summed E-state index contributed by atoms with van der Waals surface area (Å²) in [6.45, 7) is 14.0. The molecular formula is C15H32N2. The standard InChI is InChI=1S/C15H32N2/c1-13(2)9-16-11-15(3,4)12-17(5)10-14-7-6-8-14/h13-14,16H,6-12H2,1-5H3. The lowest BCUT2D eigenvalue weighted by atomic mass is 9.84. The highest BCUT2D eigenvalue weighted by Crippen LogP contribution is 2.27. The molecule has 102 valence electrons. The van der Waals surface area contributed by atoms with E-state index in [2.05, 4.69) is 45.0 Å². The molecule has 1 aliphatic carbocycles. The lowest BCUT2D eigenvalue weighted by molar-refractivity contribution is 0.151. The molecule has 1 aliphatic rings. The van der Waals surface area contributed by atoms with Gasteiger partial charge in [-0.05, 0) is 43.7 Å². The monoisotopic (exact) mass is 240 g/mol. The Bertz CT molecular complexity index is 207. The van der Waals surface area contributed by atoms with Gasteiger partial charge in [0.1, 0.15) is 0 Å². The van der Waals surface area contributed by atoms with Crippen LogP contribution < -0.4 is 5.32 Å². The molecule has 1 rings (SSSR count). The second-order valence-corrected chi connectivity index (χ2v) is 7.18. The fraction of sp³-hybridized carbons (Fsp3) is 1.00. The Balaban J connectivity index is 2.16. The summed E-state index contributed by atoms with van der Waals surface area (Å²) in [5.74, 6) is 1.73. The minimum atomic E-state index is 0.382. The van der Waals surface area contributed by atoms with Crippen molar-refractivity contribution in [2.75, 3.05) is 33.2 Å². The van der Waals surface area contributed by atoms with E-state index in [-0.39, 0.29) is 0 Å². The van der Waals surface area contributed by atoms with Crippen molar-refractivity contribution in [3.05, 3.63) is 0 Å². The van der Waals surface area contributed by atoms with Crippen molar-refractivity contribution in [3.8, 4) is 0 Å². The van der Waals surface area contributed by atoms with Crippen LogP contribution in [0.5, 0.6) is 0 Å². The Morgan fingerprint density at radius 1 is 1.29 bits per heavy atom. The van der Waals surface area contributed by atoms with E-state index in [1.807, 2.05) is 0 Å². The predicted molar refractivity (Wildman–Crippen MR) is 76.3 cm³/mol. The van der Waals surface area contributed by atoms with E-state index in [0.29, 0.717) is 5.41 Å². The van der Waals surface area contributed by atoms with E-state index >= 15 is 0 Å². The highest BCUT2D eigenvalue weighted by Gasteiger charge is 2.23. The molecule has 2 nitrogen and oxygen atoms in total. The topological polar surface area (TPSA) is 15.3 Å². The van der Waals surface area contributed by atoms with Gasteiger partial charge < -0.3 is 10.2 Å². The Kier molecular flexibility index (Phi) is 5.94. The Labute approximate surface area is 108 Å². The summed E-state index contributed by atoms with van der Waals surface area (Å²) in [6, 6.07) is 0. The van der Waals surface area contributed by atoms with Crippen LogP contribution in [0.4, 0.5) is 0 Å². The quantitative estimate of drug-likeness (QED) is 0.701. The number of hydrogen-bond acceptors (Lipinski definition) is 2. The molecule has 0 amide bonds. The molecule has 0 heterocycles. The van der Waals surface area contributed by atoms with Gasteiger partial charge in [-0.15, -0.1) is 0 Å². The minimum absolute atomic E-state index is 0.382. The summed E-state index contributed by atoms with van der Waals surface area (Å²) in [7, 11) is 2.28. The van der Waals surface area contributed by atoms with Crippen molar-refractivity contribution in [2.24, 2.45) is 17.3 Å². The molecule has 17 heavy (non-hydrogen) atoms. The first-order valence-corrected chi connectivity index (χ1v) is 7.28. The van der Waals surface area contributed by atoms with Gasteiger partial charge in [0.2, 0.25) is 0 Å². The molecule has 0 aromatic heterocycles. The maximum atomic E-state index is 3.59. The number of rotatable bonds is 8. The SMILES string of the molecule is CC(C)CNCC(C)(C)CN(C)CC1CCC1. The van der Waals surface area contributed by atoms with E-state index in [1.54, 1.807) is 0 Å². The van der Waals surface area contributed by atoms with Crippen molar-refractivity contribution >= 4 is 0 Å². The summed E-state index contributed by atoms with van der Waals surface area (Å²) in [4.78, 5) is 2.53. The van der Waals surface area contributed by atoms with Crippen molar-refractivity contribution in [3.63, 3.8) is 0 Å². The Morgan fingerprint density at radius 2 is 1.94 bits per heavy atom. The van der Waals surface area contributed by atoms with Crippen LogP contribution in [0.3, 0.4) is 0 Å². The van der Waals surface area contributed by atoms with E-state index in [0.717, 1.165) is 24.9 Å². The van der Waals surface area contributed by atoms with Crippen LogP contribution in [0.2, 0.25) is 0 Å². The zero-order valence-electron chi connectivity index (χ0n) is 12.6. The molecule has 2 heteroatoms. The van der Waals surface area contributed by atoms with Gasteiger partial charge in [-0.2, -0.15) is 0 Å². The fourth-order valence-corrected chi connectivity index (χ4v) is 2.67. The van der Waals surface area contributed by atoms with Crippen LogP contribution >= 0.6 is 0 Å². The lowest BCUT2D eigenvalue weighted by Gasteiger charge is -2.35. The molecule has 0 radical (unpaired) electrons. The second-order valence-electron chi connectivity index (χ2n) is 7.18. The summed E-state index contributed by atoms with van der Waals surface area (Å²) < 4.78 is 0. The van der Waals surface area contributed by atoms with E-state index in [4.69, 9.17) is 0 Å². The molecular weight excluding hydrogens is 208 g/mol. The highest BCUT2D eigenvalue weighted by molar-refractivity contribution is 4.78. The smallest absolute Gasteiger partial charge is 0.00419 e. The van der Waals surface area contributed by atoms with Crippen LogP contribution in [0.1, 0.15) is 47.0 Å². The molecule has 1 fully saturated rings. The Morgan fingerprint density at radius 3 is 2.41 bits per heavy atom. The van der Waals surface area contributed by atoms with Crippen LogP contribution in [0.25, 0.3) is 0 Å². The molecule has 0 saturated heterocycles. The molecule has 0 aromatic rings. The third-order valence-electron chi connectivity index (χ3n) is 3.65. The fourth-order valence-electron chi connectivity index (χ4n) is 2.67. The molecule has 1 N–H and O–H groups in total. The molecule has 0 aliphatic heterocycles. The summed E-state index contributed by atoms with van der Waals surface area (Å²) in [5, 5.41) is 3.59. The summed E-state index contributed by atoms with van der Waals surface area (Å²) in [5.41, 5.74) is 0.382. The van der Waals surface area contributed by atoms with E-state index in [1.165, 1.54) is 32.4 Å². The zero-order chi connectivity index (χ0) is 12.9. The average molecular weight is 240 g/mol. The first-order chi connectivity index (χ1) is 7.89. The van der Waals surface area contributed by atoms with Crippen molar-refractivity contribution < 1.29 is 0 Å². The van der Waals surface area contributed by atoms with Crippen molar-refractivity contribution in [2.45, 2.75) is 47.0 Å². The molecule has 0 aromatic carbocycles. The first kappa shape index (κ1) is 15.0. The largest absolute Gasteiger partial charge is 0.316 e. The number of nitrogens with zero attached hydrogens (tertiary/aromatic N) is 1. The van der Waals surface area contributed by atoms with Gasteiger partial charge in [-0.3, -0.25) is 0 Å². The van der Waals surface area contributed by atoms with Gasteiger partial charge in [0.25, 0.3) is 0 Å². The number of hydrogen-bond donors (Lipinski definition) is 1. The van der Waals surface area contributed by atoms with Gasteiger partial charge >= 0.3 is 0 Å². The third kappa shape index (κ3) is 6.42. The van der Waals surface area contributed by atoms with E-state index in [9.17, 15) is 0 Å². The minimum Gasteiger partial charge on any atom is -0.316 e. The van der Waals surface area contributed by atoms with Crippen LogP contribution in [0.15, 0.2) is 0 Å². The maximum absolute atomic E-state index is 3.59. The van der Waals surface area contributed by atoms with Crippen LogP contribution in [-0.4, -0.2) is 38.1 Å². The van der Waals surface area contributed by atoms with Gasteiger partial charge in [0, 0.05) is 19.6 Å². The average Bonchev–Trinajstić information content (AvgIpc) is 2.09. The summed E-state index contributed by atoms with van der Waals surface area (Å²) in [6.07, 6.45) is 4.37. The predicted octanol–water partition coefficient (Wildman–Crippen LogP) is 2.99. The highest BCUT2D eigenvalue weighted by atomic mass is 15.1. The molecule has 1 saturated carbocycles. The van der Waals surface area contributed by atoms with Gasteiger partial charge in [-0.25, -0.2) is 0 Å². The Hall–Kier alpha value is -0.0800. The summed E-state index contributed by atoms with van der Waals surface area (Å²) >= 11 is 0. The molecule has 0 unspecified atom stereocenters. The van der Waals surface area contributed by atoms with Crippen molar-refractivity contribution in [1.82, 2.24) is 10.2 Å². The number of nitrogens with one attached hydrogen (secondary N) is 1. The molecule has 0 atom stereocenters. The van der Waals surface area contributed by atoms with E-state index < -0.39 is 0 Å². The third-order valence-corrected chi connectivity index (χ3v) is 3.65. The van der Waals surface area contributed by atoms with Crippen LogP contribution in [0, 0.1) is 17.3 Å². The zero-order valence-corrected chi connectivity index (χ0v) is 12.6. The second kappa shape index (κ2) is 6.75. The molecule has 0 bridgehead atoms.